The number of nitrogens with one attached hydrogen (secondary N) is 2. The van der Waals surface area contributed by atoms with Crippen molar-refractivity contribution in [1.29, 1.82) is 0 Å². The van der Waals surface area contributed by atoms with Gasteiger partial charge >= 0.3 is 5.97 Å². The van der Waals surface area contributed by atoms with E-state index < -0.39 is 12.0 Å². The van der Waals surface area contributed by atoms with Crippen LogP contribution in [0.4, 0.5) is 4.39 Å². The fourth-order valence-electron chi connectivity index (χ4n) is 3.16. The lowest BCUT2D eigenvalue weighted by Gasteiger charge is -2.14. The Bertz CT molecular complexity index is 1160. The van der Waals surface area contributed by atoms with Crippen LogP contribution in [0.1, 0.15) is 11.4 Å². The van der Waals surface area contributed by atoms with Crippen LogP contribution >= 0.6 is 0 Å². The maximum absolute atomic E-state index is 13.4. The number of aromatic nitrogens is 2. The fourth-order valence-corrected chi connectivity index (χ4v) is 3.16. The van der Waals surface area contributed by atoms with Gasteiger partial charge in [0, 0.05) is 13.0 Å². The van der Waals surface area contributed by atoms with Gasteiger partial charge in [-0.1, -0.05) is 30.3 Å². The first-order valence-electron chi connectivity index (χ1n) is 9.49. The molecule has 0 saturated heterocycles. The minimum atomic E-state index is -0.988. The molecule has 0 spiro atoms. The summed E-state index contributed by atoms with van der Waals surface area (Å²) < 4.78 is 19.2. The highest BCUT2D eigenvalue weighted by Crippen LogP contribution is 2.22. The quantitative estimate of drug-likeness (QED) is 0.407. The van der Waals surface area contributed by atoms with Gasteiger partial charge < -0.3 is 14.8 Å². The van der Waals surface area contributed by atoms with E-state index in [2.05, 4.69) is 15.3 Å². The van der Waals surface area contributed by atoms with Crippen LogP contribution in [0, 0.1) is 5.82 Å². The average molecular weight is 405 g/mol. The predicted octanol–water partition coefficient (Wildman–Crippen LogP) is 4.28. The maximum Gasteiger partial charge on any atom is 0.321 e. The molecule has 1 heterocycles. The minimum Gasteiger partial charge on any atom is -0.480 e. The molecule has 0 fully saturated rings. The van der Waals surface area contributed by atoms with E-state index in [4.69, 9.17) is 4.74 Å². The molecular formula is C23H20FN3O3. The highest BCUT2D eigenvalue weighted by molar-refractivity contribution is 5.76. The standard InChI is InChI=1S/C23H20FN3O3/c24-16-9-10-19-20(12-16)27-22(26-19)13-21(23(28)29)25-14-15-5-4-8-18(11-15)30-17-6-2-1-3-7-17/h1-12,21,25H,13-14H2,(H,26,27)(H,28,29)/t21-/m1/s1. The normalized spacial score (nSPS) is 12.0. The van der Waals surface area contributed by atoms with Crippen molar-refractivity contribution < 1.29 is 19.0 Å². The molecule has 4 aromatic rings. The molecule has 1 aromatic heterocycles. The van der Waals surface area contributed by atoms with Crippen molar-refractivity contribution in [2.75, 3.05) is 0 Å². The van der Waals surface area contributed by atoms with Crippen molar-refractivity contribution in [3.05, 3.63) is 90.0 Å². The number of carbonyl (C=O) groups is 1. The van der Waals surface area contributed by atoms with Crippen molar-refractivity contribution >= 4 is 17.0 Å². The van der Waals surface area contributed by atoms with Gasteiger partial charge in [-0.15, -0.1) is 0 Å². The summed E-state index contributed by atoms with van der Waals surface area (Å²) in [5.74, 6) is 0.525. The third-order valence-corrected chi connectivity index (χ3v) is 4.62. The third kappa shape index (κ3) is 4.82. The largest absolute Gasteiger partial charge is 0.480 e. The molecule has 0 saturated carbocycles. The Balaban J connectivity index is 1.42. The summed E-state index contributed by atoms with van der Waals surface area (Å²) in [5, 5.41) is 12.6. The van der Waals surface area contributed by atoms with Crippen molar-refractivity contribution in [3.8, 4) is 11.5 Å². The SMILES string of the molecule is O=C(O)[C@@H](Cc1nc2ccc(F)cc2[nH]1)NCc1cccc(Oc2ccccc2)c1. The number of rotatable bonds is 8. The summed E-state index contributed by atoms with van der Waals surface area (Å²) in [7, 11) is 0. The lowest BCUT2D eigenvalue weighted by atomic mass is 10.1. The van der Waals surface area contributed by atoms with Crippen LogP contribution in [0.3, 0.4) is 0 Å². The third-order valence-electron chi connectivity index (χ3n) is 4.62. The van der Waals surface area contributed by atoms with E-state index in [1.54, 1.807) is 6.07 Å². The predicted molar refractivity (Wildman–Crippen MR) is 111 cm³/mol. The fraction of sp³-hybridized carbons (Fsp3) is 0.130. The number of ether oxygens (including phenoxy) is 1. The number of para-hydroxylation sites is 1. The zero-order valence-electron chi connectivity index (χ0n) is 16.0. The molecule has 3 N–H and O–H groups in total. The van der Waals surface area contributed by atoms with Crippen LogP contribution in [-0.4, -0.2) is 27.1 Å². The van der Waals surface area contributed by atoms with Gasteiger partial charge in [-0.3, -0.25) is 10.1 Å². The number of fused-ring (bicyclic) bond motifs is 1. The second-order valence-electron chi connectivity index (χ2n) is 6.88. The van der Waals surface area contributed by atoms with Crippen LogP contribution in [0.5, 0.6) is 11.5 Å². The number of aromatic amines is 1. The number of halogens is 1. The number of nitrogens with zero attached hydrogens (tertiary/aromatic N) is 1. The molecule has 30 heavy (non-hydrogen) atoms. The monoisotopic (exact) mass is 405 g/mol. The maximum atomic E-state index is 13.4. The van der Waals surface area contributed by atoms with E-state index in [9.17, 15) is 14.3 Å². The summed E-state index contributed by atoms with van der Waals surface area (Å²) in [6, 6.07) is 20.3. The Labute approximate surface area is 172 Å². The van der Waals surface area contributed by atoms with Gasteiger partial charge in [-0.25, -0.2) is 9.37 Å². The Morgan fingerprint density at radius 1 is 1.07 bits per heavy atom. The molecule has 7 heteroatoms. The number of hydrogen-bond donors (Lipinski definition) is 3. The second kappa shape index (κ2) is 8.75. The summed E-state index contributed by atoms with van der Waals surface area (Å²) in [5.41, 5.74) is 2.03. The van der Waals surface area contributed by atoms with E-state index in [1.807, 2.05) is 54.6 Å². The van der Waals surface area contributed by atoms with E-state index in [0.717, 1.165) is 11.3 Å². The van der Waals surface area contributed by atoms with Gasteiger partial charge in [0.2, 0.25) is 0 Å². The van der Waals surface area contributed by atoms with Crippen molar-refractivity contribution in [3.63, 3.8) is 0 Å². The average Bonchev–Trinajstić information content (AvgIpc) is 3.13. The van der Waals surface area contributed by atoms with Crippen LogP contribution in [0.25, 0.3) is 11.0 Å². The minimum absolute atomic E-state index is 0.145. The number of H-pyrrole nitrogens is 1. The van der Waals surface area contributed by atoms with Crippen LogP contribution in [-0.2, 0) is 17.8 Å². The molecule has 152 valence electrons. The van der Waals surface area contributed by atoms with E-state index in [-0.39, 0.29) is 12.2 Å². The summed E-state index contributed by atoms with van der Waals surface area (Å²) in [6.45, 7) is 0.345. The first-order valence-corrected chi connectivity index (χ1v) is 9.49. The molecule has 0 aliphatic heterocycles. The van der Waals surface area contributed by atoms with E-state index in [1.165, 1.54) is 12.1 Å². The van der Waals surface area contributed by atoms with Gasteiger partial charge in [0.1, 0.15) is 29.2 Å². The van der Waals surface area contributed by atoms with E-state index >= 15 is 0 Å². The van der Waals surface area contributed by atoms with Gasteiger partial charge in [0.25, 0.3) is 0 Å². The summed E-state index contributed by atoms with van der Waals surface area (Å²) in [4.78, 5) is 19.0. The van der Waals surface area contributed by atoms with Crippen molar-refractivity contribution in [1.82, 2.24) is 15.3 Å². The molecular weight excluding hydrogens is 385 g/mol. The number of carboxylic acid groups (broad SMARTS) is 1. The number of carboxylic acids is 1. The number of imidazole rings is 1. The highest BCUT2D eigenvalue weighted by Gasteiger charge is 2.19. The summed E-state index contributed by atoms with van der Waals surface area (Å²) in [6.07, 6.45) is 0.145. The Morgan fingerprint density at radius 3 is 2.67 bits per heavy atom. The van der Waals surface area contributed by atoms with Gasteiger partial charge in [-0.2, -0.15) is 0 Å². The first kappa shape index (κ1) is 19.6. The number of hydrogen-bond acceptors (Lipinski definition) is 4. The summed E-state index contributed by atoms with van der Waals surface area (Å²) >= 11 is 0. The lowest BCUT2D eigenvalue weighted by molar-refractivity contribution is -0.139. The molecule has 0 amide bonds. The second-order valence-corrected chi connectivity index (χ2v) is 6.88. The molecule has 4 rings (SSSR count). The molecule has 0 radical (unpaired) electrons. The first-order chi connectivity index (χ1) is 14.6. The number of benzene rings is 3. The zero-order valence-corrected chi connectivity index (χ0v) is 16.0. The van der Waals surface area contributed by atoms with Crippen LogP contribution < -0.4 is 10.1 Å². The topological polar surface area (TPSA) is 87.2 Å². The van der Waals surface area contributed by atoms with Crippen molar-refractivity contribution in [2.45, 2.75) is 19.0 Å². The van der Waals surface area contributed by atoms with Gasteiger partial charge in [0.15, 0.2) is 0 Å². The number of aliphatic carboxylic acids is 1. The van der Waals surface area contributed by atoms with Crippen LogP contribution in [0.15, 0.2) is 72.8 Å². The molecule has 3 aromatic carbocycles. The van der Waals surface area contributed by atoms with Crippen molar-refractivity contribution in [2.24, 2.45) is 0 Å². The molecule has 0 bridgehead atoms. The molecule has 0 unspecified atom stereocenters. The Hall–Kier alpha value is -3.71. The van der Waals surface area contributed by atoms with Gasteiger partial charge in [0.05, 0.1) is 11.0 Å². The molecule has 0 aliphatic carbocycles. The van der Waals surface area contributed by atoms with E-state index in [0.29, 0.717) is 29.2 Å². The Morgan fingerprint density at radius 2 is 1.87 bits per heavy atom. The van der Waals surface area contributed by atoms with Crippen LogP contribution in [0.2, 0.25) is 0 Å². The molecule has 0 aliphatic rings. The Kier molecular flexibility index (Phi) is 5.72. The lowest BCUT2D eigenvalue weighted by Crippen LogP contribution is -2.38. The highest BCUT2D eigenvalue weighted by atomic mass is 19.1. The molecule has 1 atom stereocenters. The smallest absolute Gasteiger partial charge is 0.321 e. The zero-order chi connectivity index (χ0) is 20.9. The van der Waals surface area contributed by atoms with Gasteiger partial charge in [-0.05, 0) is 48.0 Å². The molecule has 6 nitrogen and oxygen atoms in total.